The van der Waals surface area contributed by atoms with Gasteiger partial charge in [0.2, 0.25) is 0 Å². The lowest BCUT2D eigenvalue weighted by atomic mass is 9.49. The van der Waals surface area contributed by atoms with E-state index < -0.39 is 6.55 Å². The maximum absolute atomic E-state index is 11.1. The van der Waals surface area contributed by atoms with Crippen molar-refractivity contribution < 1.29 is 18.9 Å². The monoisotopic (exact) mass is 194 g/mol. The van der Waals surface area contributed by atoms with Crippen molar-refractivity contribution >= 4 is 18.5 Å². The van der Waals surface area contributed by atoms with E-state index in [1.165, 1.54) is 0 Å². The molecule has 0 bridgehead atoms. The van der Waals surface area contributed by atoms with Gasteiger partial charge in [0.15, 0.2) is 0 Å². The molecule has 5 heteroatoms. The van der Waals surface area contributed by atoms with Gasteiger partial charge in [0, 0.05) is 5.82 Å². The first-order chi connectivity index (χ1) is 6.66. The van der Waals surface area contributed by atoms with Crippen LogP contribution in [0.2, 0.25) is 0 Å². The highest BCUT2D eigenvalue weighted by Gasteiger charge is 2.62. The van der Waals surface area contributed by atoms with Crippen molar-refractivity contribution in [1.82, 2.24) is 0 Å². The predicted octanol–water partition coefficient (Wildman–Crippen LogP) is 0.941. The predicted molar refractivity (Wildman–Crippen MR) is 49.8 cm³/mol. The van der Waals surface area contributed by atoms with Crippen molar-refractivity contribution in [3.63, 3.8) is 0 Å². The van der Waals surface area contributed by atoms with Crippen molar-refractivity contribution in [2.75, 3.05) is 0 Å². The molecule has 2 aliphatic rings. The van der Waals surface area contributed by atoms with E-state index in [0.29, 0.717) is 0 Å². The molecule has 2 rings (SSSR count). The zero-order valence-electron chi connectivity index (χ0n) is 7.99. The summed E-state index contributed by atoms with van der Waals surface area (Å²) in [4.78, 5) is 22.2. The van der Waals surface area contributed by atoms with E-state index >= 15 is 0 Å². The summed E-state index contributed by atoms with van der Waals surface area (Å²) in [5.41, 5.74) is 0. The summed E-state index contributed by atoms with van der Waals surface area (Å²) in [6, 6.07) is 0. The van der Waals surface area contributed by atoms with Crippen LogP contribution in [0.3, 0.4) is 0 Å². The molecule has 2 saturated heterocycles. The molecule has 0 saturated carbocycles. The van der Waals surface area contributed by atoms with Gasteiger partial charge in [0.1, 0.15) is 12.8 Å². The Morgan fingerprint density at radius 2 is 1.93 bits per heavy atom. The van der Waals surface area contributed by atoms with Crippen LogP contribution in [0.5, 0.6) is 0 Å². The molecule has 0 spiro atoms. The first-order valence-corrected chi connectivity index (χ1v) is 4.77. The van der Waals surface area contributed by atoms with Crippen LogP contribution in [-0.4, -0.2) is 18.5 Å². The molecule has 0 aliphatic carbocycles. The molecule has 2 fully saturated rings. The number of fused-ring (bicyclic) bond motifs is 1. The second-order valence-electron chi connectivity index (χ2n) is 3.60. The van der Waals surface area contributed by atoms with Gasteiger partial charge in [0.05, 0.1) is 0 Å². The van der Waals surface area contributed by atoms with Crippen molar-refractivity contribution in [3.05, 3.63) is 17.9 Å². The lowest BCUT2D eigenvalue weighted by Gasteiger charge is -2.20. The minimum atomic E-state index is -1.86. The van der Waals surface area contributed by atoms with Gasteiger partial charge in [-0.15, -0.1) is 12.1 Å². The highest BCUT2D eigenvalue weighted by molar-refractivity contribution is 6.84. The molecule has 4 nitrogen and oxygen atoms in total. The number of allylic oxidation sites excluding steroid dienone is 1. The van der Waals surface area contributed by atoms with Crippen LogP contribution in [0.4, 0.5) is 0 Å². The van der Waals surface area contributed by atoms with Gasteiger partial charge in [-0.2, -0.15) is 0 Å². The van der Waals surface area contributed by atoms with Gasteiger partial charge in [-0.3, -0.25) is 9.59 Å². The summed E-state index contributed by atoms with van der Waals surface area (Å²) in [5.74, 6) is 1.90. The lowest BCUT2D eigenvalue weighted by Crippen LogP contribution is -2.37. The summed E-state index contributed by atoms with van der Waals surface area (Å²) in [6.45, 7) is 0.110. The van der Waals surface area contributed by atoms with Gasteiger partial charge in [-0.05, 0) is 6.42 Å². The van der Waals surface area contributed by atoms with E-state index in [4.69, 9.17) is 9.31 Å². The lowest BCUT2D eigenvalue weighted by molar-refractivity contribution is -0.138. The third-order valence-corrected chi connectivity index (χ3v) is 2.55. The highest BCUT2D eigenvalue weighted by atomic mass is 16.7. The Labute approximate surface area is 82.2 Å². The van der Waals surface area contributed by atoms with Crippen molar-refractivity contribution in [2.45, 2.75) is 26.2 Å². The molecule has 0 radical (unpaired) electrons. The quantitative estimate of drug-likeness (QED) is 0.484. The van der Waals surface area contributed by atoms with E-state index in [2.05, 4.69) is 0 Å². The molecule has 14 heavy (non-hydrogen) atoms. The van der Waals surface area contributed by atoms with Crippen LogP contribution in [-0.2, 0) is 18.9 Å². The Morgan fingerprint density at radius 1 is 1.36 bits per heavy atom. The van der Waals surface area contributed by atoms with Crippen LogP contribution in [0, 0.1) is 5.82 Å². The highest BCUT2D eigenvalue weighted by Crippen LogP contribution is 2.40. The summed E-state index contributed by atoms with van der Waals surface area (Å²) in [7, 11) is 0. The number of carbonyl (C=O) groups excluding carboxylic acids is 2. The molecule has 0 aromatic carbocycles. The maximum Gasteiger partial charge on any atom is 0.581 e. The molecular formula is C9H11BO4. The molecule has 2 heterocycles. The molecule has 0 N–H and O–H groups in total. The van der Waals surface area contributed by atoms with E-state index in [9.17, 15) is 9.59 Å². The van der Waals surface area contributed by atoms with Gasteiger partial charge in [-0.1, -0.05) is 6.92 Å². The fourth-order valence-corrected chi connectivity index (χ4v) is 1.91. The van der Waals surface area contributed by atoms with Crippen molar-refractivity contribution in [2.24, 2.45) is 0 Å². The average Bonchev–Trinajstić information content (AvgIpc) is 2.53. The Morgan fingerprint density at radius 3 is 2.43 bits per heavy atom. The van der Waals surface area contributed by atoms with E-state index in [1.807, 2.05) is 13.0 Å². The average molecular weight is 194 g/mol. The van der Waals surface area contributed by atoms with Gasteiger partial charge >= 0.3 is 18.5 Å². The second-order valence-corrected chi connectivity index (χ2v) is 3.60. The minimum absolute atomic E-state index is 0.222. The smallest absolute Gasteiger partial charge is 0.581 e. The fraction of sp³-hybridized carbons (Fsp3) is 0.444. The number of carbonyl (C=O) groups is 2. The van der Waals surface area contributed by atoms with Gasteiger partial charge in [-0.25, -0.2) is 0 Å². The molecule has 74 valence electrons. The first-order valence-electron chi connectivity index (χ1n) is 4.77. The normalized spacial score (nSPS) is 23.9. The number of hydrogen-bond acceptors (Lipinski definition) is 4. The molecule has 0 atom stereocenters. The Balaban J connectivity index is 2.24. The van der Waals surface area contributed by atoms with Crippen LogP contribution in [0.1, 0.15) is 26.2 Å². The van der Waals surface area contributed by atoms with E-state index in [1.54, 1.807) is 5.98 Å². The minimum Gasteiger partial charge on any atom is -0.610 e. The van der Waals surface area contributed by atoms with Gasteiger partial charge in [0.25, 0.3) is 0 Å². The van der Waals surface area contributed by atoms with Crippen LogP contribution in [0.25, 0.3) is 0 Å². The summed E-state index contributed by atoms with van der Waals surface area (Å²) in [6.07, 6.45) is 3.13. The Bertz CT molecular complexity index is 290. The molecule has 0 aromatic heterocycles. The Hall–Kier alpha value is -1.39. The Kier molecular flexibility index (Phi) is 2.02. The fourth-order valence-electron chi connectivity index (χ4n) is 1.91. The topological polar surface area (TPSA) is 52.6 Å². The van der Waals surface area contributed by atoms with E-state index in [-0.39, 0.29) is 24.8 Å². The summed E-state index contributed by atoms with van der Waals surface area (Å²) in [5, 5.41) is 0. The van der Waals surface area contributed by atoms with Crippen molar-refractivity contribution in [3.8, 4) is 0 Å². The standard InChI is InChI=1S/C9H11BO4/c1-2-3-4-10-7(5-8(11)13-10)6-9(12)14-10/h3-4H,2,5-6H2,1H3/b4-3+. The van der Waals surface area contributed by atoms with Crippen LogP contribution in [0.15, 0.2) is 12.1 Å². The largest absolute Gasteiger partial charge is 0.610 e. The zero-order valence-corrected chi connectivity index (χ0v) is 7.99. The summed E-state index contributed by atoms with van der Waals surface area (Å²) < 4.78 is 10.2. The maximum atomic E-state index is 11.1. The molecule has 0 amide bonds. The third-order valence-electron chi connectivity index (χ3n) is 2.55. The molecule has 2 aliphatic heterocycles. The van der Waals surface area contributed by atoms with E-state index in [0.717, 1.165) is 12.2 Å². The third kappa shape index (κ3) is 1.29. The first kappa shape index (κ1) is 9.18. The van der Waals surface area contributed by atoms with Crippen LogP contribution >= 0.6 is 0 Å². The molecular weight excluding hydrogens is 183 g/mol. The zero-order chi connectivity index (χ0) is 10.2. The van der Waals surface area contributed by atoms with Crippen LogP contribution < -0.4 is 0 Å². The SMILES string of the molecule is CC/C=C/[B-]12OC(=O)C[C+]1CC(=O)O2. The summed E-state index contributed by atoms with van der Waals surface area (Å²) >= 11 is 0. The molecule has 0 unspecified atom stereocenters. The number of hydrogen-bond donors (Lipinski definition) is 0. The van der Waals surface area contributed by atoms with Crippen molar-refractivity contribution in [1.29, 1.82) is 0 Å². The number of rotatable bonds is 2. The van der Waals surface area contributed by atoms with Gasteiger partial charge < -0.3 is 9.31 Å². The second kappa shape index (κ2) is 3.08. The molecule has 0 aromatic rings.